The molecule has 18 heavy (non-hydrogen) atoms. The van der Waals surface area contributed by atoms with Crippen molar-refractivity contribution in [3.8, 4) is 0 Å². The molecule has 0 unspecified atom stereocenters. The first-order chi connectivity index (χ1) is 8.22. The molecule has 1 aromatic rings. The second-order valence-corrected chi connectivity index (χ2v) is 5.12. The molecule has 2 fully saturated rings. The molecule has 2 aliphatic heterocycles. The summed E-state index contributed by atoms with van der Waals surface area (Å²) in [6.07, 6.45) is 0. The minimum atomic E-state index is -0.767. The zero-order valence-electron chi connectivity index (χ0n) is 10.0. The van der Waals surface area contributed by atoms with Gasteiger partial charge in [-0.15, -0.1) is 12.4 Å². The second kappa shape index (κ2) is 5.51. The summed E-state index contributed by atoms with van der Waals surface area (Å²) in [6.45, 7) is 5.05. The summed E-state index contributed by atoms with van der Waals surface area (Å²) in [5, 5.41) is 3.39. The average Bonchev–Trinajstić information content (AvgIpc) is 2.84. The highest BCUT2D eigenvalue weighted by atomic mass is 35.5. The molecule has 0 amide bonds. The Morgan fingerprint density at radius 3 is 2.39 bits per heavy atom. The molecule has 5 heteroatoms. The normalized spacial score (nSPS) is 27.0. The Balaban J connectivity index is 0.00000120. The third kappa shape index (κ3) is 2.66. The lowest BCUT2D eigenvalue weighted by atomic mass is 10.0. The van der Waals surface area contributed by atoms with E-state index in [1.165, 1.54) is 12.1 Å². The summed E-state index contributed by atoms with van der Waals surface area (Å²) in [7, 11) is 0. The van der Waals surface area contributed by atoms with E-state index in [2.05, 4.69) is 10.2 Å². The van der Waals surface area contributed by atoms with Crippen LogP contribution < -0.4 is 5.32 Å². The highest BCUT2D eigenvalue weighted by Crippen LogP contribution is 2.27. The molecule has 0 aromatic heterocycles. The van der Waals surface area contributed by atoms with Crippen LogP contribution in [0.5, 0.6) is 0 Å². The molecule has 1 N–H and O–H groups in total. The Morgan fingerprint density at radius 2 is 1.78 bits per heavy atom. The summed E-state index contributed by atoms with van der Waals surface area (Å²) in [6, 6.07) is 4.19. The van der Waals surface area contributed by atoms with Crippen molar-refractivity contribution in [2.24, 2.45) is 11.8 Å². The van der Waals surface area contributed by atoms with Crippen LogP contribution in [0.1, 0.15) is 5.56 Å². The number of likely N-dealkylation sites (tertiary alicyclic amines) is 1. The van der Waals surface area contributed by atoms with Gasteiger partial charge < -0.3 is 5.32 Å². The van der Waals surface area contributed by atoms with E-state index in [0.29, 0.717) is 0 Å². The summed E-state index contributed by atoms with van der Waals surface area (Å²) < 4.78 is 25.9. The first-order valence-electron chi connectivity index (χ1n) is 6.09. The van der Waals surface area contributed by atoms with Crippen LogP contribution in [-0.2, 0) is 6.54 Å². The van der Waals surface area contributed by atoms with Gasteiger partial charge in [0.05, 0.1) is 0 Å². The molecule has 2 saturated heterocycles. The van der Waals surface area contributed by atoms with Crippen LogP contribution in [-0.4, -0.2) is 31.1 Å². The Morgan fingerprint density at radius 1 is 1.11 bits per heavy atom. The molecule has 0 saturated carbocycles. The van der Waals surface area contributed by atoms with Crippen molar-refractivity contribution in [2.75, 3.05) is 26.2 Å². The van der Waals surface area contributed by atoms with E-state index in [-0.39, 0.29) is 12.4 Å². The maximum atomic E-state index is 13.1. The van der Waals surface area contributed by atoms with Crippen molar-refractivity contribution in [3.05, 3.63) is 35.4 Å². The van der Waals surface area contributed by atoms with E-state index < -0.39 is 11.6 Å². The third-order valence-electron chi connectivity index (χ3n) is 3.86. The van der Waals surface area contributed by atoms with Crippen LogP contribution >= 0.6 is 12.4 Å². The fourth-order valence-corrected chi connectivity index (χ4v) is 2.98. The molecular formula is C13H17ClF2N2. The lowest BCUT2D eigenvalue weighted by molar-refractivity contribution is 0.305. The third-order valence-corrected chi connectivity index (χ3v) is 3.86. The van der Waals surface area contributed by atoms with E-state index >= 15 is 0 Å². The number of rotatable bonds is 2. The molecule has 1 aromatic carbocycles. The standard InChI is InChI=1S/C13H16F2N2.ClH/c14-12-2-1-9(3-13(12)15)6-17-7-10-4-16-5-11(10)8-17;/h1-3,10-11,16H,4-8H2;1H/t10-,11+;. The van der Waals surface area contributed by atoms with Crippen molar-refractivity contribution >= 4 is 12.4 Å². The molecule has 2 aliphatic rings. The molecule has 0 aliphatic carbocycles. The van der Waals surface area contributed by atoms with Gasteiger partial charge in [-0.1, -0.05) is 6.07 Å². The summed E-state index contributed by atoms with van der Waals surface area (Å²) in [4.78, 5) is 2.34. The molecule has 3 rings (SSSR count). The predicted octanol–water partition coefficient (Wildman–Crippen LogP) is 2.04. The van der Waals surface area contributed by atoms with Crippen molar-refractivity contribution in [1.29, 1.82) is 0 Å². The van der Waals surface area contributed by atoms with Gasteiger partial charge in [0.2, 0.25) is 0 Å². The van der Waals surface area contributed by atoms with Crippen molar-refractivity contribution < 1.29 is 8.78 Å². The molecule has 2 heterocycles. The zero-order chi connectivity index (χ0) is 11.8. The largest absolute Gasteiger partial charge is 0.316 e. The Kier molecular flexibility index (Phi) is 4.20. The van der Waals surface area contributed by atoms with Crippen LogP contribution in [0.2, 0.25) is 0 Å². The highest BCUT2D eigenvalue weighted by Gasteiger charge is 2.35. The highest BCUT2D eigenvalue weighted by molar-refractivity contribution is 5.85. The number of nitrogens with one attached hydrogen (secondary N) is 1. The van der Waals surface area contributed by atoms with Gasteiger partial charge in [-0.3, -0.25) is 4.90 Å². The Hall–Kier alpha value is -0.710. The van der Waals surface area contributed by atoms with Crippen molar-refractivity contribution in [1.82, 2.24) is 10.2 Å². The van der Waals surface area contributed by atoms with E-state index in [9.17, 15) is 8.78 Å². The van der Waals surface area contributed by atoms with E-state index in [1.807, 2.05) is 0 Å². The van der Waals surface area contributed by atoms with Gasteiger partial charge in [-0.05, 0) is 42.6 Å². The smallest absolute Gasteiger partial charge is 0.159 e. The van der Waals surface area contributed by atoms with Gasteiger partial charge in [0.25, 0.3) is 0 Å². The lowest BCUT2D eigenvalue weighted by Crippen LogP contribution is -2.25. The molecule has 2 nitrogen and oxygen atoms in total. The van der Waals surface area contributed by atoms with Gasteiger partial charge in [-0.25, -0.2) is 8.78 Å². The number of benzene rings is 1. The summed E-state index contributed by atoms with van der Waals surface area (Å²) >= 11 is 0. The first-order valence-corrected chi connectivity index (χ1v) is 6.09. The fourth-order valence-electron chi connectivity index (χ4n) is 2.98. The van der Waals surface area contributed by atoms with Crippen LogP contribution in [0.25, 0.3) is 0 Å². The average molecular weight is 275 g/mol. The molecule has 0 spiro atoms. The molecule has 0 bridgehead atoms. The molecule has 100 valence electrons. The number of halogens is 3. The predicted molar refractivity (Wildman–Crippen MR) is 68.7 cm³/mol. The first kappa shape index (κ1) is 13.7. The van der Waals surface area contributed by atoms with Gasteiger partial charge in [0, 0.05) is 19.6 Å². The van der Waals surface area contributed by atoms with Crippen molar-refractivity contribution in [2.45, 2.75) is 6.54 Å². The molecular weight excluding hydrogens is 258 g/mol. The maximum Gasteiger partial charge on any atom is 0.159 e. The second-order valence-electron chi connectivity index (χ2n) is 5.12. The minimum absolute atomic E-state index is 0. The molecule has 2 atom stereocenters. The SMILES string of the molecule is Cl.Fc1ccc(CN2C[C@H]3CNC[C@H]3C2)cc1F. The zero-order valence-corrected chi connectivity index (χ0v) is 10.9. The number of hydrogen-bond acceptors (Lipinski definition) is 2. The number of hydrogen-bond donors (Lipinski definition) is 1. The minimum Gasteiger partial charge on any atom is -0.316 e. The Labute approximate surface area is 112 Å². The monoisotopic (exact) mass is 274 g/mol. The summed E-state index contributed by atoms with van der Waals surface area (Å²) in [5.41, 5.74) is 0.858. The number of fused-ring (bicyclic) bond motifs is 1. The maximum absolute atomic E-state index is 13.1. The van der Waals surface area contributed by atoms with Crippen LogP contribution in [0.3, 0.4) is 0 Å². The van der Waals surface area contributed by atoms with Gasteiger partial charge in [0.1, 0.15) is 0 Å². The number of nitrogens with zero attached hydrogens (tertiary/aromatic N) is 1. The van der Waals surface area contributed by atoms with Crippen LogP contribution in [0.4, 0.5) is 8.78 Å². The summed E-state index contributed by atoms with van der Waals surface area (Å²) in [5.74, 6) is -0.0413. The Bertz CT molecular complexity index is 415. The molecule has 0 radical (unpaired) electrons. The van der Waals surface area contributed by atoms with Crippen LogP contribution in [0, 0.1) is 23.5 Å². The topological polar surface area (TPSA) is 15.3 Å². The quantitative estimate of drug-likeness (QED) is 0.888. The van der Waals surface area contributed by atoms with E-state index in [1.54, 1.807) is 6.07 Å². The van der Waals surface area contributed by atoms with E-state index in [4.69, 9.17) is 0 Å². The fraction of sp³-hybridized carbons (Fsp3) is 0.538. The van der Waals surface area contributed by atoms with Crippen LogP contribution in [0.15, 0.2) is 18.2 Å². The van der Waals surface area contributed by atoms with Gasteiger partial charge >= 0.3 is 0 Å². The lowest BCUT2D eigenvalue weighted by Gasteiger charge is -2.16. The van der Waals surface area contributed by atoms with Gasteiger partial charge in [-0.2, -0.15) is 0 Å². The van der Waals surface area contributed by atoms with E-state index in [0.717, 1.165) is 50.1 Å². The van der Waals surface area contributed by atoms with Gasteiger partial charge in [0.15, 0.2) is 11.6 Å². The van der Waals surface area contributed by atoms with Crippen molar-refractivity contribution in [3.63, 3.8) is 0 Å².